The molecule has 1 aromatic heterocycles. The molecule has 4 fully saturated rings. The Balaban J connectivity index is 1.01. The van der Waals surface area contributed by atoms with E-state index < -0.39 is 10.0 Å². The average Bonchev–Trinajstić information content (AvgIpc) is 3.58. The molecule has 0 N–H and O–H groups in total. The van der Waals surface area contributed by atoms with Crippen LogP contribution in [0.4, 0.5) is 10.6 Å². The van der Waals surface area contributed by atoms with Gasteiger partial charge in [-0.1, -0.05) is 0 Å². The van der Waals surface area contributed by atoms with Gasteiger partial charge in [0.15, 0.2) is 0 Å². The fourth-order valence-corrected chi connectivity index (χ4v) is 6.23. The second-order valence-electron chi connectivity index (χ2n) is 10.7. The Morgan fingerprint density at radius 3 is 2.33 bits per heavy atom. The van der Waals surface area contributed by atoms with Gasteiger partial charge in [-0.15, -0.1) is 0 Å². The average molecular weight is 523 g/mol. The Morgan fingerprint density at radius 1 is 1.03 bits per heavy atom. The van der Waals surface area contributed by atoms with Crippen LogP contribution in [-0.2, 0) is 14.8 Å². The number of carbonyl (C=O) groups is 1. The van der Waals surface area contributed by atoms with Crippen molar-refractivity contribution in [2.24, 2.45) is 5.92 Å². The lowest BCUT2D eigenvalue weighted by molar-refractivity contribution is 0.0454. The largest absolute Gasteiger partial charge is 0.476 e. The van der Waals surface area contributed by atoms with E-state index in [0.29, 0.717) is 64.2 Å². The highest BCUT2D eigenvalue weighted by Gasteiger charge is 2.43. The molecule has 4 heterocycles. The standard InChI is InChI=1S/C24H38N6O5S/c1-24(5-6-24)35-23(31)29-9-3-20(4-10-29)19-34-22-18-25-21(17-26-22)28-11-13-30(14-12-28)36(32,33)16-15-27-7-2-8-27/h17-18,20H,2-16,19H2,1H3. The zero-order valence-electron chi connectivity index (χ0n) is 21.2. The molecule has 1 saturated carbocycles. The highest BCUT2D eigenvalue weighted by molar-refractivity contribution is 7.89. The van der Waals surface area contributed by atoms with Crippen molar-refractivity contribution in [1.29, 1.82) is 0 Å². The number of carbonyl (C=O) groups excluding carboxylic acids is 1. The first kappa shape index (κ1) is 25.5. The maximum absolute atomic E-state index is 12.6. The first-order chi connectivity index (χ1) is 17.3. The van der Waals surface area contributed by atoms with Crippen molar-refractivity contribution < 1.29 is 22.7 Å². The summed E-state index contributed by atoms with van der Waals surface area (Å²) < 4.78 is 38.3. The van der Waals surface area contributed by atoms with Crippen molar-refractivity contribution in [3.8, 4) is 5.88 Å². The van der Waals surface area contributed by atoms with Gasteiger partial charge in [-0.05, 0) is 58.0 Å². The van der Waals surface area contributed by atoms with E-state index in [9.17, 15) is 13.2 Å². The molecule has 1 aromatic rings. The molecule has 4 aliphatic rings. The van der Waals surface area contributed by atoms with Crippen molar-refractivity contribution >= 4 is 21.9 Å². The summed E-state index contributed by atoms with van der Waals surface area (Å²) in [5, 5.41) is 0. The number of rotatable bonds is 9. The molecule has 0 aromatic carbocycles. The molecule has 0 atom stereocenters. The number of nitrogens with zero attached hydrogens (tertiary/aromatic N) is 6. The van der Waals surface area contributed by atoms with Crippen molar-refractivity contribution in [3.05, 3.63) is 12.4 Å². The molecule has 12 heteroatoms. The summed E-state index contributed by atoms with van der Waals surface area (Å²) in [7, 11) is -3.22. The lowest BCUT2D eigenvalue weighted by atomic mass is 9.98. The van der Waals surface area contributed by atoms with Crippen molar-refractivity contribution in [2.75, 3.05) is 76.2 Å². The predicted octanol–water partition coefficient (Wildman–Crippen LogP) is 1.41. The Bertz CT molecular complexity index is 998. The lowest BCUT2D eigenvalue weighted by Crippen LogP contribution is -2.51. The molecule has 0 unspecified atom stereocenters. The molecule has 36 heavy (non-hydrogen) atoms. The normalized spacial score (nSPS) is 23.2. The molecule has 5 rings (SSSR count). The number of hydrogen-bond donors (Lipinski definition) is 0. The second kappa shape index (κ2) is 10.7. The summed E-state index contributed by atoms with van der Waals surface area (Å²) in [4.78, 5) is 27.2. The minimum absolute atomic E-state index is 0.194. The number of piperidine rings is 1. The monoisotopic (exact) mass is 522 g/mol. The van der Waals surface area contributed by atoms with E-state index >= 15 is 0 Å². The van der Waals surface area contributed by atoms with Crippen LogP contribution in [0.5, 0.6) is 5.88 Å². The number of hydrogen-bond acceptors (Lipinski definition) is 9. The van der Waals surface area contributed by atoms with E-state index in [2.05, 4.69) is 19.8 Å². The fourth-order valence-electron chi connectivity index (χ4n) is 4.76. The van der Waals surface area contributed by atoms with E-state index in [0.717, 1.165) is 44.6 Å². The minimum Gasteiger partial charge on any atom is -0.476 e. The maximum Gasteiger partial charge on any atom is 0.410 e. The second-order valence-corrected chi connectivity index (χ2v) is 12.8. The van der Waals surface area contributed by atoms with Crippen LogP contribution in [0.25, 0.3) is 0 Å². The molecule has 1 aliphatic carbocycles. The maximum atomic E-state index is 12.6. The summed E-state index contributed by atoms with van der Waals surface area (Å²) in [5.41, 5.74) is -0.235. The third-order valence-electron chi connectivity index (χ3n) is 7.81. The Morgan fingerprint density at radius 2 is 1.75 bits per heavy atom. The van der Waals surface area contributed by atoms with E-state index in [-0.39, 0.29) is 17.4 Å². The quantitative estimate of drug-likeness (QED) is 0.476. The van der Waals surface area contributed by atoms with Gasteiger partial charge in [0.1, 0.15) is 11.4 Å². The Hall–Kier alpha value is -2.18. The van der Waals surface area contributed by atoms with Crippen molar-refractivity contribution in [2.45, 2.75) is 44.6 Å². The van der Waals surface area contributed by atoms with Crippen LogP contribution in [0.2, 0.25) is 0 Å². The third-order valence-corrected chi connectivity index (χ3v) is 9.66. The van der Waals surface area contributed by atoms with Gasteiger partial charge >= 0.3 is 6.09 Å². The van der Waals surface area contributed by atoms with Gasteiger partial charge in [-0.2, -0.15) is 4.31 Å². The third kappa shape index (κ3) is 6.38. The van der Waals surface area contributed by atoms with E-state index in [1.54, 1.807) is 21.6 Å². The molecular formula is C24H38N6O5S. The van der Waals surface area contributed by atoms with Gasteiger partial charge in [-0.3, -0.25) is 0 Å². The SMILES string of the molecule is CC1(OC(=O)N2CCC(COc3cnc(N4CCN(S(=O)(=O)CCN5CCC5)CC4)cn3)CC2)CC1. The molecule has 0 bridgehead atoms. The summed E-state index contributed by atoms with van der Waals surface area (Å²) in [5.74, 6) is 1.77. The highest BCUT2D eigenvalue weighted by atomic mass is 32.2. The first-order valence-corrected chi connectivity index (χ1v) is 14.8. The zero-order valence-corrected chi connectivity index (χ0v) is 22.0. The summed E-state index contributed by atoms with van der Waals surface area (Å²) >= 11 is 0. The van der Waals surface area contributed by atoms with Gasteiger partial charge in [0, 0.05) is 45.8 Å². The first-order valence-electron chi connectivity index (χ1n) is 13.2. The van der Waals surface area contributed by atoms with Crippen LogP contribution >= 0.6 is 0 Å². The minimum atomic E-state index is -3.22. The number of sulfonamides is 1. The fraction of sp³-hybridized carbons (Fsp3) is 0.792. The number of anilines is 1. The van der Waals surface area contributed by atoms with E-state index in [1.807, 2.05) is 6.92 Å². The van der Waals surface area contributed by atoms with Gasteiger partial charge in [0.25, 0.3) is 0 Å². The number of likely N-dealkylation sites (tertiary alicyclic amines) is 2. The lowest BCUT2D eigenvalue weighted by Gasteiger charge is -2.35. The van der Waals surface area contributed by atoms with Crippen LogP contribution < -0.4 is 9.64 Å². The Kier molecular flexibility index (Phi) is 7.55. The topological polar surface area (TPSA) is 108 Å². The smallest absolute Gasteiger partial charge is 0.410 e. The van der Waals surface area contributed by atoms with Gasteiger partial charge < -0.3 is 24.2 Å². The predicted molar refractivity (Wildman–Crippen MR) is 135 cm³/mol. The van der Waals surface area contributed by atoms with Crippen molar-refractivity contribution in [3.63, 3.8) is 0 Å². The van der Waals surface area contributed by atoms with Crippen LogP contribution in [0.15, 0.2) is 12.4 Å². The highest BCUT2D eigenvalue weighted by Crippen LogP contribution is 2.39. The Labute approximate surface area is 213 Å². The van der Waals surface area contributed by atoms with Crippen LogP contribution in [0.1, 0.15) is 39.0 Å². The molecular weight excluding hydrogens is 484 g/mol. The summed E-state index contributed by atoms with van der Waals surface area (Å²) in [6.07, 6.45) is 7.97. The van der Waals surface area contributed by atoms with Crippen LogP contribution in [0, 0.1) is 5.92 Å². The molecule has 1 amide bonds. The van der Waals surface area contributed by atoms with Gasteiger partial charge in [0.05, 0.1) is 24.8 Å². The van der Waals surface area contributed by atoms with Crippen molar-refractivity contribution in [1.82, 2.24) is 24.1 Å². The van der Waals surface area contributed by atoms with Crippen LogP contribution in [-0.4, -0.2) is 115 Å². The van der Waals surface area contributed by atoms with Gasteiger partial charge in [-0.25, -0.2) is 23.2 Å². The molecule has 3 saturated heterocycles. The molecule has 200 valence electrons. The van der Waals surface area contributed by atoms with E-state index in [4.69, 9.17) is 9.47 Å². The number of aromatic nitrogens is 2. The summed E-state index contributed by atoms with van der Waals surface area (Å²) in [6, 6.07) is 0. The molecule has 3 aliphatic heterocycles. The number of amides is 1. The molecule has 0 spiro atoms. The summed E-state index contributed by atoms with van der Waals surface area (Å²) in [6.45, 7) is 8.67. The van der Waals surface area contributed by atoms with Crippen LogP contribution in [0.3, 0.4) is 0 Å². The zero-order chi connectivity index (χ0) is 25.2. The number of piperazine rings is 1. The molecule has 0 radical (unpaired) electrons. The van der Waals surface area contributed by atoms with Gasteiger partial charge in [0.2, 0.25) is 15.9 Å². The van der Waals surface area contributed by atoms with E-state index in [1.165, 1.54) is 6.42 Å². The molecule has 11 nitrogen and oxygen atoms in total. The number of ether oxygens (including phenoxy) is 2.